The Bertz CT molecular complexity index is 609. The van der Waals surface area contributed by atoms with E-state index in [1.165, 1.54) is 0 Å². The quantitative estimate of drug-likeness (QED) is 0.290. The average Bonchev–Trinajstić information content (AvgIpc) is 2.68. The predicted molar refractivity (Wildman–Crippen MR) is 185 cm³/mol. The Morgan fingerprint density at radius 2 is 0.706 bits per heavy atom. The molecule has 0 saturated carbocycles. The van der Waals surface area contributed by atoms with Crippen molar-refractivity contribution in [2.75, 3.05) is 11.5 Å². The van der Waals surface area contributed by atoms with Crippen LogP contribution in [0.3, 0.4) is 0 Å². The van der Waals surface area contributed by atoms with Gasteiger partial charge in [-0.1, -0.05) is 0 Å². The molecule has 0 aliphatic rings. The van der Waals surface area contributed by atoms with Crippen LogP contribution in [-0.4, -0.2) is 177 Å². The van der Waals surface area contributed by atoms with Crippen LogP contribution in [0.15, 0.2) is 24.3 Å². The number of nitrogen functional groups attached to an aromatic ring is 2. The van der Waals surface area contributed by atoms with E-state index in [-0.39, 0.29) is 0 Å². The summed E-state index contributed by atoms with van der Waals surface area (Å²) in [5.74, 6) is 0. The van der Waals surface area contributed by atoms with Gasteiger partial charge in [-0.2, -0.15) is 0 Å². The van der Waals surface area contributed by atoms with Crippen LogP contribution in [0.1, 0.15) is 0 Å². The Morgan fingerprint density at radius 1 is 0.441 bits per heavy atom. The van der Waals surface area contributed by atoms with Gasteiger partial charge in [0.15, 0.2) is 0 Å². The van der Waals surface area contributed by atoms with Gasteiger partial charge in [-0.05, 0) is 24.3 Å². The highest BCUT2D eigenvalue weighted by Gasteiger charge is 2.48. The summed E-state index contributed by atoms with van der Waals surface area (Å²) < 4.78 is 0. The monoisotopic (exact) mass is 398 g/mol. The molecule has 34 heavy (non-hydrogen) atoms. The average molecular weight is 393 g/mol. The molecule has 0 aliphatic carbocycles. The maximum absolute atomic E-state index is 6.15. The Labute approximate surface area is 230 Å². The maximum atomic E-state index is 6.15. The summed E-state index contributed by atoms with van der Waals surface area (Å²) >= 11 is 0. The third-order valence-corrected chi connectivity index (χ3v) is 6.15. The Morgan fingerprint density at radius 3 is 0.912 bits per heavy atom. The van der Waals surface area contributed by atoms with E-state index in [1.807, 2.05) is 6.82 Å². The second-order valence-corrected chi connectivity index (χ2v) is 8.88. The molecule has 1 aromatic carbocycles. The highest BCUT2D eigenvalue weighted by molar-refractivity contribution is 8.20. The molecule has 124 valence electrons. The lowest BCUT2D eigenvalue weighted by Gasteiger charge is -2.45. The molecule has 0 fully saturated rings. The van der Waals surface area contributed by atoms with Crippen LogP contribution in [0.4, 0.5) is 11.4 Å². The summed E-state index contributed by atoms with van der Waals surface area (Å²) in [5.41, 5.74) is 12.2. The first-order valence-corrected chi connectivity index (χ1v) is 11.0. The molecule has 0 heterocycles. The van der Waals surface area contributed by atoms with Crippen molar-refractivity contribution in [3.05, 3.63) is 24.3 Å². The molecular weight excluding hydrogens is 382 g/mol. The zero-order valence-electron chi connectivity index (χ0n) is 19.9. The van der Waals surface area contributed by atoms with Gasteiger partial charge >= 0.3 is 0 Å². The zero-order chi connectivity index (χ0) is 26.9. The number of nitrogens with two attached hydrogens (primary N) is 2. The molecule has 0 aromatic heterocycles. The van der Waals surface area contributed by atoms with Crippen LogP contribution in [-0.2, 0) is 0 Å². The second-order valence-electron chi connectivity index (χ2n) is 8.88. The van der Waals surface area contributed by atoms with Crippen molar-refractivity contribution in [1.82, 2.24) is 0 Å². The van der Waals surface area contributed by atoms with Crippen molar-refractivity contribution in [3.8, 4) is 0 Å². The predicted octanol–water partition coefficient (Wildman–Crippen LogP) is -8.09. The van der Waals surface area contributed by atoms with E-state index in [1.54, 1.807) is 24.3 Å². The first-order chi connectivity index (χ1) is 15.5. The van der Waals surface area contributed by atoms with E-state index in [4.69, 9.17) is 112 Å². The standard InChI is InChI=1S/C6H8N2.CH3B25/c7-5-1-2-6(8)4-3-5;1-15(23(17(4)5)22(14)16(2)3)24(25(18(6)7)19(8)9)26(20(10)11)21(12)13/h1-4H,7-8H2;1H3. The molecule has 0 bridgehead atoms. The van der Waals surface area contributed by atoms with E-state index in [9.17, 15) is 0 Å². The number of rotatable bonds is 11. The molecule has 1 aromatic rings. The van der Waals surface area contributed by atoms with E-state index < -0.39 is 76.7 Å². The van der Waals surface area contributed by atoms with E-state index >= 15 is 0 Å². The van der Waals surface area contributed by atoms with Gasteiger partial charge in [0.2, 0.25) is 0 Å². The first-order valence-electron chi connectivity index (χ1n) is 11.0. The molecule has 0 aliphatic heterocycles. The topological polar surface area (TPSA) is 52.0 Å². The molecule has 0 amide bonds. The van der Waals surface area contributed by atoms with E-state index in [2.05, 4.69) is 0 Å². The third-order valence-electron chi connectivity index (χ3n) is 6.15. The Kier molecular flexibility index (Phi) is 16.5. The number of hydrogen-bond donors (Lipinski definition) is 2. The summed E-state index contributed by atoms with van der Waals surface area (Å²) in [6.45, 7) is 1.42. The lowest BCUT2D eigenvalue weighted by Crippen LogP contribution is -2.83. The van der Waals surface area contributed by atoms with E-state index in [0.717, 1.165) is 11.4 Å². The number of benzene rings is 1. The third kappa shape index (κ3) is 10.8. The van der Waals surface area contributed by atoms with Crippen molar-refractivity contribution < 1.29 is 0 Å². The Balaban J connectivity index is 0.00000113. The molecule has 2 nitrogen and oxygen atoms in total. The van der Waals surface area contributed by atoms with Gasteiger partial charge < -0.3 is 11.5 Å². The fourth-order valence-corrected chi connectivity index (χ4v) is 4.46. The van der Waals surface area contributed by atoms with Crippen molar-refractivity contribution in [2.45, 2.75) is 6.82 Å². The van der Waals surface area contributed by atoms with Gasteiger partial charge in [-0.15, -0.1) is 6.82 Å². The lowest BCUT2D eigenvalue weighted by atomic mass is 8.37. The van der Waals surface area contributed by atoms with Crippen LogP contribution in [0, 0.1) is 0 Å². The zero-order valence-corrected chi connectivity index (χ0v) is 19.9. The summed E-state index contributed by atoms with van der Waals surface area (Å²) in [6, 6.07) is 7.09. The van der Waals surface area contributed by atoms with Crippen molar-refractivity contribution in [3.63, 3.8) is 0 Å². The van der Waals surface area contributed by atoms with Crippen LogP contribution in [0.5, 0.6) is 0 Å². The summed E-state index contributed by atoms with van der Waals surface area (Å²) in [6.07, 6.45) is -8.47. The van der Waals surface area contributed by atoms with Crippen LogP contribution >= 0.6 is 0 Å². The molecule has 0 atom stereocenters. The minimum atomic E-state index is -0.903. The van der Waals surface area contributed by atoms with Crippen LogP contribution < -0.4 is 11.5 Å². The van der Waals surface area contributed by atoms with Crippen molar-refractivity contribution in [1.29, 1.82) is 0 Å². The summed E-state index contributed by atoms with van der Waals surface area (Å²) in [5, 5.41) is 0. The van der Waals surface area contributed by atoms with Crippen LogP contribution in [0.25, 0.3) is 0 Å². The molecule has 0 saturated heterocycles. The van der Waals surface area contributed by atoms with Gasteiger partial charge in [0.05, 0.1) is 0 Å². The molecule has 4 N–H and O–H groups in total. The number of anilines is 2. The summed E-state index contributed by atoms with van der Waals surface area (Å²) in [4.78, 5) is 0. The molecule has 27 heteroatoms. The van der Waals surface area contributed by atoms with Crippen LogP contribution in [0.2, 0.25) is 6.82 Å². The fourth-order valence-electron chi connectivity index (χ4n) is 4.46. The fraction of sp³-hybridized carbons (Fsp3) is 0.143. The van der Waals surface area contributed by atoms with Gasteiger partial charge in [0, 0.05) is 189 Å². The highest BCUT2D eigenvalue weighted by atomic mass is 14.6. The minimum Gasteiger partial charge on any atom is -0.399 e. The molecule has 0 spiro atoms. The molecular formula is C7H11B25N2. The molecule has 26 radical (unpaired) electrons. The second kappa shape index (κ2) is 16.3. The summed E-state index contributed by atoms with van der Waals surface area (Å²) in [7, 11) is 77.1. The normalized spacial score (nSPS) is 9.32. The first kappa shape index (κ1) is 34.4. The molecule has 0 unspecified atom stereocenters. The minimum absolute atomic E-state index is 0.400. The van der Waals surface area contributed by atoms with E-state index in [0.29, 0.717) is 0 Å². The smallest absolute Gasteiger partial charge is 0.0413 e. The Hall–Kier alpha value is 0.443. The molecule has 1 rings (SSSR count). The van der Waals surface area contributed by atoms with Gasteiger partial charge in [-0.25, -0.2) is 0 Å². The maximum Gasteiger partial charge on any atom is 0.0413 e. The largest absolute Gasteiger partial charge is 0.399 e. The highest BCUT2D eigenvalue weighted by Crippen LogP contribution is 2.11. The SMILES string of the molecule is Nc1ccc(N)cc1.[B]B([B])B([B])B(B([B])[B])B(C)B(B(B([B])[B])B([B])[B])B(B([B])[B])B([B])[B]. The number of hydrogen-bond acceptors (Lipinski definition) is 2. The van der Waals surface area contributed by atoms with Gasteiger partial charge in [-0.3, -0.25) is 0 Å². The van der Waals surface area contributed by atoms with Gasteiger partial charge in [0.1, 0.15) is 0 Å². The van der Waals surface area contributed by atoms with Crippen molar-refractivity contribution >= 4 is 189 Å². The van der Waals surface area contributed by atoms with Gasteiger partial charge in [0.25, 0.3) is 0 Å². The van der Waals surface area contributed by atoms with Crippen molar-refractivity contribution in [2.24, 2.45) is 0 Å². The lowest BCUT2D eigenvalue weighted by molar-refractivity contribution is 1.67.